The third-order valence-electron chi connectivity index (χ3n) is 14.8. The molecule has 2 rings (SSSR count). The van der Waals surface area contributed by atoms with Gasteiger partial charge in [0.25, 0.3) is 0 Å². The summed E-state index contributed by atoms with van der Waals surface area (Å²) in [6, 6.07) is -12.3. The van der Waals surface area contributed by atoms with Crippen molar-refractivity contribution in [3.8, 4) is 0 Å². The van der Waals surface area contributed by atoms with Gasteiger partial charge in [-0.1, -0.05) is 13.8 Å². The molecule has 2 fully saturated rings. The van der Waals surface area contributed by atoms with Crippen LogP contribution in [0.15, 0.2) is 0 Å². The summed E-state index contributed by atoms with van der Waals surface area (Å²) in [6.07, 6.45) is -0.410. The highest BCUT2D eigenvalue weighted by molar-refractivity contribution is 7.46. The first-order valence-corrected chi connectivity index (χ1v) is 32.5. The zero-order valence-electron chi connectivity index (χ0n) is 52.5. The first kappa shape index (κ1) is 82.8. The number of aliphatic carboxylic acids is 2. The van der Waals surface area contributed by atoms with Crippen LogP contribution < -0.4 is 76.5 Å². The van der Waals surface area contributed by atoms with E-state index in [0.717, 1.165) is 18.2 Å². The van der Waals surface area contributed by atoms with E-state index in [9.17, 15) is 80.6 Å². The van der Waals surface area contributed by atoms with E-state index in [1.165, 1.54) is 6.92 Å². The maximum Gasteiger partial charge on any atom is 0.490 e. The average molecular weight is 1330 g/mol. The molecule has 0 aromatic rings. The summed E-state index contributed by atoms with van der Waals surface area (Å²) in [5.41, 5.74) is 28.7. The predicted molar refractivity (Wildman–Crippen MR) is 325 cm³/mol. The molecule has 0 spiro atoms. The fourth-order valence-corrected chi connectivity index (χ4v) is 10.4. The fourth-order valence-electron chi connectivity index (χ4n) is 9.84. The number of alkyl halides is 3. The van der Waals surface area contributed by atoms with E-state index in [0.29, 0.717) is 90.3 Å². The number of carbonyl (C=O) groups excluding carboxylic acids is 9. The van der Waals surface area contributed by atoms with Gasteiger partial charge in [0.1, 0.15) is 54.4 Å². The number of phosphoric acid groups is 1. The molecule has 32 nitrogen and oxygen atoms in total. The van der Waals surface area contributed by atoms with Crippen LogP contribution in [0.25, 0.3) is 0 Å². The molecule has 0 bridgehead atoms. The Kier molecular flexibility index (Phi) is 39.7. The summed E-state index contributed by atoms with van der Waals surface area (Å²) in [7, 11) is -5.27. The number of unbranched alkanes of at least 4 members (excludes halogenated alkanes) is 5. The molecule has 2 aliphatic heterocycles. The molecule has 0 aliphatic carbocycles. The van der Waals surface area contributed by atoms with Crippen LogP contribution in [0.2, 0.25) is 0 Å². The summed E-state index contributed by atoms with van der Waals surface area (Å²) in [5, 5.41) is 41.1. The highest BCUT2D eigenvalue weighted by Crippen LogP contribution is 2.38. The SMILES string of the molecule is CC(C)C[C@H](NC(=O)[C@H](CCCCN)NC(=O)[C@H](CCCCN)NC(=O)[C@H](C)NC(=O)[C@H](CCCCN)NC(=O)[C@H](CCCCN)NC(=O)[C@@H]1CCCN1C(=O)[C@@H](NC(=O)[C@H](CCCCN)NC(=O)[C@@H]1CCCN1)[C@@H](C)OP(=O)(O)O)C(=O)O.O=C(O)C(F)(F)F. The molecular formula is C55H101F3N15O17P. The quantitative estimate of drug-likeness (QED) is 0.0222. The molecule has 524 valence electrons. The van der Waals surface area contributed by atoms with Crippen molar-refractivity contribution in [1.29, 1.82) is 0 Å². The smallest absolute Gasteiger partial charge is 0.480 e. The van der Waals surface area contributed by atoms with Crippen LogP contribution in [-0.4, -0.2) is 209 Å². The second-order valence-electron chi connectivity index (χ2n) is 22.9. The second kappa shape index (κ2) is 43.6. The van der Waals surface area contributed by atoms with Crippen LogP contribution in [0.3, 0.4) is 0 Å². The Labute approximate surface area is 528 Å². The number of hydrogen-bond acceptors (Lipinski definition) is 19. The molecule has 2 aliphatic rings. The van der Waals surface area contributed by atoms with Gasteiger partial charge in [-0.25, -0.2) is 14.2 Å². The number of likely N-dealkylation sites (tertiary alicyclic amines) is 1. The van der Waals surface area contributed by atoms with E-state index < -0.39 is 146 Å². The van der Waals surface area contributed by atoms with E-state index >= 15 is 0 Å². The van der Waals surface area contributed by atoms with E-state index in [2.05, 4.69) is 47.9 Å². The summed E-state index contributed by atoms with van der Waals surface area (Å²) < 4.78 is 48.8. The minimum Gasteiger partial charge on any atom is -0.480 e. The molecule has 0 radical (unpaired) electrons. The van der Waals surface area contributed by atoms with Crippen LogP contribution >= 0.6 is 7.82 Å². The molecule has 9 amide bonds. The summed E-state index contributed by atoms with van der Waals surface area (Å²) in [5.74, 6) is -11.0. The van der Waals surface area contributed by atoms with Crippen LogP contribution in [0.5, 0.6) is 0 Å². The van der Waals surface area contributed by atoms with Crippen molar-refractivity contribution < 1.29 is 95.0 Å². The Morgan fingerprint density at radius 1 is 0.538 bits per heavy atom. The molecule has 23 N–H and O–H groups in total. The maximum absolute atomic E-state index is 14.5. The molecule has 0 unspecified atom stereocenters. The number of nitrogens with one attached hydrogen (secondary N) is 9. The third kappa shape index (κ3) is 32.8. The number of carbonyl (C=O) groups is 11. The number of nitrogens with two attached hydrogens (primary N) is 5. The normalized spacial score (nSPS) is 17.9. The summed E-state index contributed by atoms with van der Waals surface area (Å²) in [6.45, 7) is 8.03. The molecule has 0 aromatic carbocycles. The van der Waals surface area contributed by atoms with E-state index in [1.54, 1.807) is 13.8 Å². The van der Waals surface area contributed by atoms with Gasteiger partial charge in [-0.3, -0.25) is 47.7 Å². The second-order valence-corrected chi connectivity index (χ2v) is 24.1. The van der Waals surface area contributed by atoms with Gasteiger partial charge in [-0.2, -0.15) is 13.2 Å². The number of nitrogens with zero attached hydrogens (tertiary/aromatic N) is 1. The number of amides is 9. The van der Waals surface area contributed by atoms with Crippen LogP contribution in [0.4, 0.5) is 13.2 Å². The Morgan fingerprint density at radius 3 is 1.27 bits per heavy atom. The first-order valence-electron chi connectivity index (χ1n) is 31.0. The lowest BCUT2D eigenvalue weighted by Gasteiger charge is -2.33. The van der Waals surface area contributed by atoms with Crippen molar-refractivity contribution in [2.45, 2.75) is 229 Å². The van der Waals surface area contributed by atoms with Crippen molar-refractivity contribution in [2.24, 2.45) is 34.6 Å². The highest BCUT2D eigenvalue weighted by Gasteiger charge is 2.44. The molecular weight excluding hydrogens is 1230 g/mol. The summed E-state index contributed by atoms with van der Waals surface area (Å²) in [4.78, 5) is 167. The molecule has 91 heavy (non-hydrogen) atoms. The van der Waals surface area contributed by atoms with Gasteiger partial charge in [-0.15, -0.1) is 0 Å². The number of rotatable bonds is 43. The van der Waals surface area contributed by atoms with E-state index in [-0.39, 0.29) is 83.5 Å². The molecule has 11 atom stereocenters. The lowest BCUT2D eigenvalue weighted by Crippen LogP contribution is -2.61. The predicted octanol–water partition coefficient (Wildman–Crippen LogP) is -2.47. The number of phosphoric ester groups is 1. The van der Waals surface area contributed by atoms with E-state index in [4.69, 9.17) is 43.1 Å². The van der Waals surface area contributed by atoms with Crippen molar-refractivity contribution in [1.82, 2.24) is 52.8 Å². The molecule has 2 heterocycles. The van der Waals surface area contributed by atoms with Gasteiger partial charge in [0.2, 0.25) is 53.2 Å². The Balaban J connectivity index is 0.00000556. The van der Waals surface area contributed by atoms with Crippen molar-refractivity contribution in [3.63, 3.8) is 0 Å². The van der Waals surface area contributed by atoms with Crippen molar-refractivity contribution >= 4 is 72.9 Å². The topological polar surface area (TPSA) is 537 Å². The van der Waals surface area contributed by atoms with Crippen LogP contribution in [-0.2, 0) is 61.8 Å². The fraction of sp³-hybridized carbons (Fsp3) is 0.800. The Hall–Kier alpha value is -6.17. The average Bonchev–Trinajstić information content (AvgIpc) is 1.81. The molecule has 2 saturated heterocycles. The minimum atomic E-state index is -5.27. The highest BCUT2D eigenvalue weighted by atomic mass is 31.2. The van der Waals surface area contributed by atoms with Gasteiger partial charge in [0.05, 0.1) is 12.1 Å². The number of hydrogen-bond donors (Lipinski definition) is 18. The minimum absolute atomic E-state index is 0.0199. The Morgan fingerprint density at radius 2 is 0.912 bits per heavy atom. The number of halogens is 3. The number of carboxylic acid groups (broad SMARTS) is 2. The zero-order valence-corrected chi connectivity index (χ0v) is 53.4. The first-order chi connectivity index (χ1) is 42.8. The maximum atomic E-state index is 14.5. The van der Waals surface area contributed by atoms with Gasteiger partial charge >= 0.3 is 25.9 Å². The lowest BCUT2D eigenvalue weighted by molar-refractivity contribution is -0.192. The van der Waals surface area contributed by atoms with Gasteiger partial charge in [-0.05, 0) is 187 Å². The molecule has 0 aromatic heterocycles. The third-order valence-corrected chi connectivity index (χ3v) is 15.4. The van der Waals surface area contributed by atoms with E-state index in [1.807, 2.05) is 0 Å². The molecule has 36 heteroatoms. The van der Waals surface area contributed by atoms with Gasteiger partial charge < -0.3 is 101 Å². The number of carboxylic acids is 2. The van der Waals surface area contributed by atoms with Gasteiger partial charge in [0, 0.05) is 6.54 Å². The summed E-state index contributed by atoms with van der Waals surface area (Å²) >= 11 is 0. The van der Waals surface area contributed by atoms with Crippen molar-refractivity contribution in [3.05, 3.63) is 0 Å². The Bertz CT molecular complexity index is 2380. The lowest BCUT2D eigenvalue weighted by atomic mass is 10.0. The van der Waals surface area contributed by atoms with Gasteiger partial charge in [0.15, 0.2) is 0 Å². The standard InChI is InChI=1S/C53H100N15O15P.C2HF3O2/c1-32(2)31-41(53(78)79)66-49(74)38(19-7-12-26-56)64-47(72)37(18-6-11-25-55)61-44(69)33(3)60-46(71)36(17-5-10-24-54)63-48(73)39(20-8-13-27-57)65-51(76)42-23-16-30-68(42)52(77)43(34(4)83-84(80,81)82)67-50(75)40(21-9-14-28-58)62-45(70)35-22-15-29-59-35;3-2(4,5)1(6)7/h32-43,59H,5-31,54-58H2,1-4H3,(H,60,71)(H,61,69)(H,62,70)(H,63,73)(H,64,72)(H,65,76)(H,66,74)(H,67,75)(H,78,79)(H2,80,81,82);(H,6,7)/t33-,34+,35-,36-,37-,38-,39-,40-,41-,42-,43-;/m0./s1. The van der Waals surface area contributed by atoms with Crippen molar-refractivity contribution in [2.75, 3.05) is 45.8 Å². The zero-order chi connectivity index (χ0) is 69.0. The van der Waals surface area contributed by atoms with Crippen LogP contribution in [0.1, 0.15) is 156 Å². The molecule has 0 saturated carbocycles. The largest absolute Gasteiger partial charge is 0.490 e. The van der Waals surface area contributed by atoms with Crippen LogP contribution in [0, 0.1) is 5.92 Å². The monoisotopic (exact) mass is 1330 g/mol.